The summed E-state index contributed by atoms with van der Waals surface area (Å²) in [5, 5.41) is 13.5. The van der Waals surface area contributed by atoms with E-state index in [1.807, 2.05) is 0 Å². The van der Waals surface area contributed by atoms with Gasteiger partial charge in [0.15, 0.2) is 5.37 Å². The summed E-state index contributed by atoms with van der Waals surface area (Å²) in [7, 11) is 0. The Morgan fingerprint density at radius 2 is 2.06 bits per heavy atom. The Morgan fingerprint density at radius 1 is 1.44 bits per heavy atom. The SMILES string of the molecule is O=C([O-])[C@@H]1CS[C@H](c2c(Cl)cccc2Cl)[NH2+]1. The van der Waals surface area contributed by atoms with E-state index in [1.165, 1.54) is 11.8 Å². The van der Waals surface area contributed by atoms with E-state index in [2.05, 4.69) is 0 Å². The van der Waals surface area contributed by atoms with Crippen molar-refractivity contribution in [1.82, 2.24) is 0 Å². The van der Waals surface area contributed by atoms with Crippen LogP contribution in [0.25, 0.3) is 0 Å². The van der Waals surface area contributed by atoms with Crippen LogP contribution in [0.4, 0.5) is 0 Å². The van der Waals surface area contributed by atoms with Crippen LogP contribution in [0.3, 0.4) is 0 Å². The lowest BCUT2D eigenvalue weighted by Gasteiger charge is -2.13. The number of nitrogens with two attached hydrogens (primary N) is 1. The second kappa shape index (κ2) is 4.84. The van der Waals surface area contributed by atoms with Gasteiger partial charge >= 0.3 is 0 Å². The van der Waals surface area contributed by atoms with Gasteiger partial charge in [0.25, 0.3) is 0 Å². The third kappa shape index (κ3) is 2.30. The van der Waals surface area contributed by atoms with Gasteiger partial charge < -0.3 is 15.2 Å². The largest absolute Gasteiger partial charge is 0.544 e. The molecule has 0 saturated carbocycles. The molecule has 1 aromatic rings. The van der Waals surface area contributed by atoms with Crippen LogP contribution in [0.2, 0.25) is 10.0 Å². The quantitative estimate of drug-likeness (QED) is 0.853. The van der Waals surface area contributed by atoms with Crippen molar-refractivity contribution in [3.8, 4) is 0 Å². The molecule has 0 aromatic heterocycles. The van der Waals surface area contributed by atoms with E-state index in [0.717, 1.165) is 5.56 Å². The summed E-state index contributed by atoms with van der Waals surface area (Å²) in [4.78, 5) is 10.7. The number of quaternary nitrogens is 1. The number of halogens is 2. The van der Waals surface area contributed by atoms with Gasteiger partial charge in [-0.25, -0.2) is 0 Å². The van der Waals surface area contributed by atoms with Gasteiger partial charge in [-0.2, -0.15) is 0 Å². The Hall–Kier alpha value is -0.420. The zero-order valence-electron chi connectivity index (χ0n) is 8.15. The molecule has 0 aliphatic carbocycles. The van der Waals surface area contributed by atoms with Crippen molar-refractivity contribution in [1.29, 1.82) is 0 Å². The van der Waals surface area contributed by atoms with E-state index >= 15 is 0 Å². The summed E-state index contributed by atoms with van der Waals surface area (Å²) < 4.78 is 0. The van der Waals surface area contributed by atoms with Crippen molar-refractivity contribution in [2.75, 3.05) is 5.75 Å². The van der Waals surface area contributed by atoms with E-state index in [4.69, 9.17) is 23.2 Å². The number of thioether (sulfide) groups is 1. The number of benzene rings is 1. The fourth-order valence-electron chi connectivity index (χ4n) is 1.64. The first-order valence-corrected chi connectivity index (χ1v) is 6.51. The number of hydrogen-bond donors (Lipinski definition) is 1. The van der Waals surface area contributed by atoms with Gasteiger partial charge in [-0.15, -0.1) is 0 Å². The van der Waals surface area contributed by atoms with Crippen molar-refractivity contribution in [2.45, 2.75) is 11.4 Å². The lowest BCUT2D eigenvalue weighted by atomic mass is 10.2. The van der Waals surface area contributed by atoms with Crippen LogP contribution in [0.5, 0.6) is 0 Å². The molecule has 0 spiro atoms. The number of carboxylic acids is 1. The molecule has 1 aliphatic rings. The van der Waals surface area contributed by atoms with E-state index in [1.54, 1.807) is 23.5 Å². The summed E-state index contributed by atoms with van der Waals surface area (Å²) in [6, 6.07) is 4.75. The first-order chi connectivity index (χ1) is 7.59. The second-order valence-corrected chi connectivity index (χ2v) is 5.50. The fourth-order valence-corrected chi connectivity index (χ4v) is 3.78. The lowest BCUT2D eigenvalue weighted by molar-refractivity contribution is -0.690. The number of rotatable bonds is 2. The summed E-state index contributed by atoms with van der Waals surface area (Å²) >= 11 is 13.6. The van der Waals surface area contributed by atoms with Gasteiger partial charge in [0.1, 0.15) is 12.0 Å². The average Bonchev–Trinajstić information content (AvgIpc) is 2.66. The molecular formula is C10H9Cl2NO2S. The molecule has 3 nitrogen and oxygen atoms in total. The summed E-state index contributed by atoms with van der Waals surface area (Å²) in [5.41, 5.74) is 0.791. The summed E-state index contributed by atoms with van der Waals surface area (Å²) in [6.45, 7) is 0. The highest BCUT2D eigenvalue weighted by Gasteiger charge is 2.33. The van der Waals surface area contributed by atoms with Crippen molar-refractivity contribution in [2.24, 2.45) is 0 Å². The molecule has 1 heterocycles. The van der Waals surface area contributed by atoms with Crippen molar-refractivity contribution in [3.05, 3.63) is 33.8 Å². The topological polar surface area (TPSA) is 56.7 Å². The number of carboxylic acid groups (broad SMARTS) is 1. The Kier molecular flexibility index (Phi) is 3.64. The van der Waals surface area contributed by atoms with Crippen LogP contribution in [0.1, 0.15) is 10.9 Å². The number of hydrogen-bond acceptors (Lipinski definition) is 3. The van der Waals surface area contributed by atoms with Gasteiger partial charge in [0.05, 0.1) is 21.4 Å². The second-order valence-electron chi connectivity index (χ2n) is 3.51. The van der Waals surface area contributed by atoms with Crippen molar-refractivity contribution < 1.29 is 15.2 Å². The molecule has 1 saturated heterocycles. The maximum atomic E-state index is 10.7. The molecule has 1 aliphatic heterocycles. The third-order valence-corrected chi connectivity index (χ3v) is 4.41. The monoisotopic (exact) mass is 277 g/mol. The Labute approximate surface area is 107 Å². The highest BCUT2D eigenvalue weighted by molar-refractivity contribution is 7.99. The molecule has 0 amide bonds. The molecule has 0 radical (unpaired) electrons. The van der Waals surface area contributed by atoms with Crippen LogP contribution >= 0.6 is 35.0 Å². The molecule has 0 bridgehead atoms. The van der Waals surface area contributed by atoms with Crippen LogP contribution < -0.4 is 10.4 Å². The Balaban J connectivity index is 2.24. The minimum atomic E-state index is -1.04. The average molecular weight is 278 g/mol. The first kappa shape index (κ1) is 12.0. The zero-order valence-corrected chi connectivity index (χ0v) is 10.5. The molecule has 0 unspecified atom stereocenters. The van der Waals surface area contributed by atoms with Crippen molar-refractivity contribution in [3.63, 3.8) is 0 Å². The Bertz CT molecular complexity index is 407. The normalized spacial score (nSPS) is 24.6. The third-order valence-electron chi connectivity index (χ3n) is 2.45. The minimum Gasteiger partial charge on any atom is -0.544 e. The standard InChI is InChI=1S/C10H9Cl2NO2S/c11-5-2-1-3-6(12)8(5)9-13-7(4-16-9)10(14)15/h1-3,7,9,13H,4H2,(H,14,15)/t7-,9+/m0/s1. The fraction of sp³-hybridized carbons (Fsp3) is 0.300. The van der Waals surface area contributed by atoms with Crippen molar-refractivity contribution >= 4 is 40.9 Å². The summed E-state index contributed by atoms with van der Waals surface area (Å²) in [5.74, 6) is -0.535. The van der Waals surface area contributed by atoms with E-state index in [9.17, 15) is 9.90 Å². The molecule has 2 rings (SSSR count). The highest BCUT2D eigenvalue weighted by Crippen LogP contribution is 2.36. The smallest absolute Gasteiger partial charge is 0.162 e. The van der Waals surface area contributed by atoms with E-state index in [0.29, 0.717) is 15.8 Å². The number of carbonyl (C=O) groups is 1. The van der Waals surface area contributed by atoms with Gasteiger partial charge in [-0.3, -0.25) is 0 Å². The van der Waals surface area contributed by atoms with Crippen LogP contribution in [-0.2, 0) is 4.79 Å². The number of aliphatic carboxylic acids is 1. The molecule has 86 valence electrons. The molecule has 2 atom stereocenters. The lowest BCUT2D eigenvalue weighted by Crippen LogP contribution is -2.90. The molecular weight excluding hydrogens is 269 g/mol. The zero-order chi connectivity index (χ0) is 11.7. The van der Waals surface area contributed by atoms with Crippen LogP contribution in [0.15, 0.2) is 18.2 Å². The Morgan fingerprint density at radius 3 is 2.56 bits per heavy atom. The molecule has 1 aromatic carbocycles. The highest BCUT2D eigenvalue weighted by atomic mass is 35.5. The van der Waals surface area contributed by atoms with E-state index < -0.39 is 12.0 Å². The van der Waals surface area contributed by atoms with Gasteiger partial charge in [0.2, 0.25) is 0 Å². The molecule has 2 N–H and O–H groups in total. The molecule has 6 heteroatoms. The molecule has 16 heavy (non-hydrogen) atoms. The van der Waals surface area contributed by atoms with Gasteiger partial charge in [-0.1, -0.05) is 41.0 Å². The van der Waals surface area contributed by atoms with Crippen LogP contribution in [0, 0.1) is 0 Å². The maximum Gasteiger partial charge on any atom is 0.162 e. The maximum absolute atomic E-state index is 10.7. The van der Waals surface area contributed by atoms with Crippen LogP contribution in [-0.4, -0.2) is 17.8 Å². The van der Waals surface area contributed by atoms with Gasteiger partial charge in [0, 0.05) is 0 Å². The van der Waals surface area contributed by atoms with Gasteiger partial charge in [-0.05, 0) is 12.1 Å². The molecule has 1 fully saturated rings. The minimum absolute atomic E-state index is 0.0656. The van der Waals surface area contributed by atoms with E-state index in [-0.39, 0.29) is 5.37 Å². The summed E-state index contributed by atoms with van der Waals surface area (Å²) in [6.07, 6.45) is 0. The predicted octanol–water partition coefficient (Wildman–Crippen LogP) is 0.421. The number of carbonyl (C=O) groups excluding carboxylic acids is 1. The predicted molar refractivity (Wildman–Crippen MR) is 62.4 cm³/mol. The first-order valence-electron chi connectivity index (χ1n) is 4.71.